The zero-order valence-electron chi connectivity index (χ0n) is 8.45. The lowest BCUT2D eigenvalue weighted by molar-refractivity contribution is -0.131. The fourth-order valence-electron chi connectivity index (χ4n) is 0.770. The molecule has 78 valence electrons. The first kappa shape index (κ1) is 12.4. The summed E-state index contributed by atoms with van der Waals surface area (Å²) in [5.74, 6) is -0.513. The minimum Gasteiger partial charge on any atom is -0.391 e. The number of nitrogens with one attached hydrogen (secondary N) is 1. The van der Waals surface area contributed by atoms with E-state index in [-0.39, 0.29) is 12.5 Å². The molecule has 2 atom stereocenters. The van der Waals surface area contributed by atoms with Crippen molar-refractivity contribution < 1.29 is 15.0 Å². The molecule has 0 saturated carbocycles. The lowest BCUT2D eigenvalue weighted by Gasteiger charge is -2.15. The van der Waals surface area contributed by atoms with Crippen LogP contribution in [0.5, 0.6) is 0 Å². The van der Waals surface area contributed by atoms with E-state index in [1.54, 1.807) is 13.8 Å². The number of aliphatic hydroxyl groups is 2. The van der Waals surface area contributed by atoms with Crippen molar-refractivity contribution in [3.8, 4) is 0 Å². The summed E-state index contributed by atoms with van der Waals surface area (Å²) < 4.78 is 0. The Kier molecular flexibility index (Phi) is 5.66. The van der Waals surface area contributed by atoms with E-state index in [4.69, 9.17) is 5.11 Å². The van der Waals surface area contributed by atoms with Gasteiger partial charge in [0.1, 0.15) is 6.10 Å². The van der Waals surface area contributed by atoms with Crippen molar-refractivity contribution in [2.24, 2.45) is 5.92 Å². The molecule has 0 spiro atoms. The summed E-state index contributed by atoms with van der Waals surface area (Å²) >= 11 is 0. The van der Waals surface area contributed by atoms with Crippen molar-refractivity contribution in [2.75, 3.05) is 6.54 Å². The normalized spacial score (nSPS) is 15.5. The van der Waals surface area contributed by atoms with Gasteiger partial charge in [0, 0.05) is 6.54 Å². The smallest absolute Gasteiger partial charge is 0.249 e. The van der Waals surface area contributed by atoms with Gasteiger partial charge in [0.2, 0.25) is 5.91 Å². The van der Waals surface area contributed by atoms with E-state index < -0.39 is 18.1 Å². The predicted octanol–water partition coefficient (Wildman–Crippen LogP) is -0.110. The quantitative estimate of drug-likeness (QED) is 0.565. The van der Waals surface area contributed by atoms with Crippen LogP contribution in [0, 0.1) is 5.92 Å². The van der Waals surface area contributed by atoms with Crippen molar-refractivity contribution in [2.45, 2.75) is 39.4 Å². The molecule has 0 aromatic carbocycles. The zero-order valence-corrected chi connectivity index (χ0v) is 8.45. The molecule has 0 saturated heterocycles. The van der Waals surface area contributed by atoms with Crippen LogP contribution in [0.3, 0.4) is 0 Å². The van der Waals surface area contributed by atoms with Crippen LogP contribution < -0.4 is 5.32 Å². The molecule has 0 radical (unpaired) electrons. The minimum atomic E-state index is -0.982. The van der Waals surface area contributed by atoms with Gasteiger partial charge in [0.05, 0.1) is 6.10 Å². The molecule has 1 unspecified atom stereocenters. The maximum atomic E-state index is 11.1. The highest BCUT2D eigenvalue weighted by Gasteiger charge is 2.18. The van der Waals surface area contributed by atoms with E-state index in [0.29, 0.717) is 6.42 Å². The molecule has 0 fully saturated rings. The van der Waals surface area contributed by atoms with Gasteiger partial charge in [-0.25, -0.2) is 0 Å². The van der Waals surface area contributed by atoms with E-state index in [2.05, 4.69) is 5.32 Å². The fourth-order valence-corrected chi connectivity index (χ4v) is 0.770. The summed E-state index contributed by atoms with van der Waals surface area (Å²) in [6, 6.07) is 0. The molecule has 13 heavy (non-hydrogen) atoms. The number of carbonyl (C=O) groups excluding carboxylic acids is 1. The highest BCUT2D eigenvalue weighted by Crippen LogP contribution is 2.00. The molecular weight excluding hydrogens is 170 g/mol. The zero-order chi connectivity index (χ0) is 10.4. The molecule has 0 heterocycles. The lowest BCUT2D eigenvalue weighted by Crippen LogP contribution is -2.41. The second-order valence-electron chi connectivity index (χ2n) is 3.50. The molecule has 0 aliphatic carbocycles. The third kappa shape index (κ3) is 4.85. The summed E-state index contributed by atoms with van der Waals surface area (Å²) in [6.45, 7) is 5.57. The third-order valence-electron chi connectivity index (χ3n) is 1.88. The molecule has 0 rings (SSSR count). The van der Waals surface area contributed by atoms with Crippen LogP contribution in [0.2, 0.25) is 0 Å². The highest BCUT2D eigenvalue weighted by molar-refractivity contribution is 5.80. The number of aliphatic hydroxyl groups excluding tert-OH is 2. The molecule has 4 heteroatoms. The van der Waals surface area contributed by atoms with Crippen molar-refractivity contribution >= 4 is 5.91 Å². The van der Waals surface area contributed by atoms with E-state index in [9.17, 15) is 9.90 Å². The Balaban J connectivity index is 3.74. The highest BCUT2D eigenvalue weighted by atomic mass is 16.3. The van der Waals surface area contributed by atoms with Crippen molar-refractivity contribution in [3.63, 3.8) is 0 Å². The number of hydrogen-bond donors (Lipinski definition) is 3. The van der Waals surface area contributed by atoms with Crippen molar-refractivity contribution in [3.05, 3.63) is 0 Å². The van der Waals surface area contributed by atoms with Crippen LogP contribution in [0.4, 0.5) is 0 Å². The Bertz CT molecular complexity index is 159. The van der Waals surface area contributed by atoms with E-state index in [0.717, 1.165) is 0 Å². The Morgan fingerprint density at radius 2 is 1.92 bits per heavy atom. The van der Waals surface area contributed by atoms with Gasteiger partial charge >= 0.3 is 0 Å². The van der Waals surface area contributed by atoms with Crippen LogP contribution in [-0.2, 0) is 4.79 Å². The van der Waals surface area contributed by atoms with E-state index >= 15 is 0 Å². The first-order chi connectivity index (χ1) is 5.99. The van der Waals surface area contributed by atoms with Gasteiger partial charge in [0.15, 0.2) is 0 Å². The van der Waals surface area contributed by atoms with Gasteiger partial charge in [-0.3, -0.25) is 4.79 Å². The van der Waals surface area contributed by atoms with E-state index in [1.165, 1.54) is 0 Å². The van der Waals surface area contributed by atoms with Crippen LogP contribution in [0.15, 0.2) is 0 Å². The predicted molar refractivity (Wildman–Crippen MR) is 50.2 cm³/mol. The monoisotopic (exact) mass is 189 g/mol. The van der Waals surface area contributed by atoms with Gasteiger partial charge in [-0.2, -0.15) is 0 Å². The summed E-state index contributed by atoms with van der Waals surface area (Å²) in [5.41, 5.74) is 0. The standard InChI is InChI=1S/C9H19NO3/c1-4-7(11)5-10-9(13)8(12)6(2)3/h6-8,11-12H,4-5H2,1-3H3,(H,10,13)/t7?,8-/m0/s1. The Hall–Kier alpha value is -0.610. The summed E-state index contributed by atoms with van der Waals surface area (Å²) in [6.07, 6.45) is -0.912. The number of rotatable bonds is 5. The molecule has 0 bridgehead atoms. The maximum absolute atomic E-state index is 11.1. The Morgan fingerprint density at radius 1 is 1.38 bits per heavy atom. The van der Waals surface area contributed by atoms with Gasteiger partial charge in [-0.05, 0) is 12.3 Å². The summed E-state index contributed by atoms with van der Waals surface area (Å²) in [7, 11) is 0. The SMILES string of the molecule is CCC(O)CNC(=O)[C@@H](O)C(C)C. The van der Waals surface area contributed by atoms with Crippen molar-refractivity contribution in [1.82, 2.24) is 5.32 Å². The average molecular weight is 189 g/mol. The van der Waals surface area contributed by atoms with Crippen LogP contribution in [-0.4, -0.2) is 34.9 Å². The molecule has 0 aromatic heterocycles. The van der Waals surface area contributed by atoms with Gasteiger partial charge < -0.3 is 15.5 Å². The molecule has 1 amide bonds. The Labute approximate surface area is 79.0 Å². The van der Waals surface area contributed by atoms with E-state index in [1.807, 2.05) is 6.92 Å². The number of amides is 1. The second kappa shape index (κ2) is 5.94. The van der Waals surface area contributed by atoms with Crippen LogP contribution in [0.1, 0.15) is 27.2 Å². The lowest BCUT2D eigenvalue weighted by atomic mass is 10.1. The first-order valence-electron chi connectivity index (χ1n) is 4.62. The Morgan fingerprint density at radius 3 is 2.31 bits per heavy atom. The number of carbonyl (C=O) groups is 1. The van der Waals surface area contributed by atoms with Gasteiger partial charge in [0.25, 0.3) is 0 Å². The minimum absolute atomic E-state index is 0.0984. The second-order valence-corrected chi connectivity index (χ2v) is 3.50. The van der Waals surface area contributed by atoms with Gasteiger partial charge in [-0.1, -0.05) is 20.8 Å². The topological polar surface area (TPSA) is 69.6 Å². The van der Waals surface area contributed by atoms with Gasteiger partial charge in [-0.15, -0.1) is 0 Å². The largest absolute Gasteiger partial charge is 0.391 e. The van der Waals surface area contributed by atoms with Crippen molar-refractivity contribution in [1.29, 1.82) is 0 Å². The molecule has 0 aliphatic rings. The molecule has 3 N–H and O–H groups in total. The first-order valence-corrected chi connectivity index (χ1v) is 4.62. The molecular formula is C9H19NO3. The van der Waals surface area contributed by atoms with Crippen LogP contribution in [0.25, 0.3) is 0 Å². The summed E-state index contributed by atoms with van der Waals surface area (Å²) in [5, 5.41) is 20.9. The van der Waals surface area contributed by atoms with Crippen LogP contribution >= 0.6 is 0 Å². The molecule has 0 aliphatic heterocycles. The molecule has 0 aromatic rings. The average Bonchev–Trinajstić information content (AvgIpc) is 2.11. The number of hydrogen-bond acceptors (Lipinski definition) is 3. The third-order valence-corrected chi connectivity index (χ3v) is 1.88. The fraction of sp³-hybridized carbons (Fsp3) is 0.889. The molecule has 4 nitrogen and oxygen atoms in total. The summed E-state index contributed by atoms with van der Waals surface area (Å²) in [4.78, 5) is 11.1. The maximum Gasteiger partial charge on any atom is 0.249 e.